The van der Waals surface area contributed by atoms with Crippen LogP contribution in [0.5, 0.6) is 0 Å². The van der Waals surface area contributed by atoms with Crippen LogP contribution in [0.2, 0.25) is 0 Å². The monoisotopic (exact) mass is 149 g/mol. The molecule has 0 unspecified atom stereocenters. The van der Waals surface area contributed by atoms with E-state index in [0.29, 0.717) is 5.71 Å². The zero-order valence-corrected chi connectivity index (χ0v) is 6.96. The molecule has 11 heavy (non-hydrogen) atoms. The van der Waals surface area contributed by atoms with E-state index in [2.05, 4.69) is 11.5 Å². The molecule has 0 heterocycles. The van der Waals surface area contributed by atoms with Crippen molar-refractivity contribution in [1.29, 1.82) is 5.41 Å². The quantitative estimate of drug-likeness (QED) is 0.429. The fourth-order valence-corrected chi connectivity index (χ4v) is 0.898. The summed E-state index contributed by atoms with van der Waals surface area (Å²) in [5.41, 5.74) is 1.74. The molecule has 0 spiro atoms. The topological polar surface area (TPSA) is 26.9 Å². The van der Waals surface area contributed by atoms with Crippen LogP contribution in [0, 0.1) is 5.41 Å². The van der Waals surface area contributed by atoms with Crippen molar-refractivity contribution in [2.24, 2.45) is 0 Å². The molecule has 0 saturated heterocycles. The first kappa shape index (κ1) is 7.92. The van der Waals surface area contributed by atoms with Crippen LogP contribution in [-0.2, 0) is 0 Å². The van der Waals surface area contributed by atoms with Crippen molar-refractivity contribution in [2.45, 2.75) is 6.92 Å². The lowest BCUT2D eigenvalue weighted by Gasteiger charge is -1.99. The average molecular weight is 149 g/mol. The predicted octanol–water partition coefficient (Wildman–Crippen LogP) is 1.24. The van der Waals surface area contributed by atoms with Gasteiger partial charge in [0.15, 0.2) is 5.71 Å². The van der Waals surface area contributed by atoms with E-state index in [4.69, 9.17) is 5.41 Å². The number of nitrogens with one attached hydrogen (secondary N) is 1. The molecular formula is C9H13N2+. The van der Waals surface area contributed by atoms with Gasteiger partial charge in [0, 0.05) is 12.2 Å². The van der Waals surface area contributed by atoms with E-state index < -0.39 is 0 Å². The van der Waals surface area contributed by atoms with Gasteiger partial charge in [-0.3, -0.25) is 0 Å². The molecule has 0 saturated carbocycles. The van der Waals surface area contributed by atoms with Gasteiger partial charge in [0.1, 0.15) is 13.6 Å². The summed E-state index contributed by atoms with van der Waals surface area (Å²) in [5, 5.41) is 7.27. The van der Waals surface area contributed by atoms with Gasteiger partial charge in [0.2, 0.25) is 0 Å². The minimum Gasteiger partial charge on any atom is -0.301 e. The first-order valence-corrected chi connectivity index (χ1v) is 3.77. The molecule has 0 aromatic carbocycles. The van der Waals surface area contributed by atoms with Gasteiger partial charge in [-0.15, -0.1) is 0 Å². The summed E-state index contributed by atoms with van der Waals surface area (Å²) in [6, 6.07) is 0. The summed E-state index contributed by atoms with van der Waals surface area (Å²) in [7, 11) is 2.04. The summed E-state index contributed by atoms with van der Waals surface area (Å²) in [6.45, 7) is 3.10. The van der Waals surface area contributed by atoms with E-state index in [0.717, 1.165) is 6.54 Å². The lowest BCUT2D eigenvalue weighted by Crippen LogP contribution is -2.15. The predicted molar refractivity (Wildman–Crippen MR) is 47.7 cm³/mol. The van der Waals surface area contributed by atoms with Gasteiger partial charge in [-0.2, -0.15) is 0 Å². The van der Waals surface area contributed by atoms with E-state index >= 15 is 0 Å². The Morgan fingerprint density at radius 2 is 1.82 bits per heavy atom. The first-order chi connectivity index (χ1) is 5.24. The zero-order chi connectivity index (χ0) is 8.27. The minimum absolute atomic E-state index is 0.568. The highest BCUT2D eigenvalue weighted by Crippen LogP contribution is 1.94. The van der Waals surface area contributed by atoms with Crippen LogP contribution in [0.4, 0.5) is 0 Å². The summed E-state index contributed by atoms with van der Waals surface area (Å²) < 4.78 is 2.14. The summed E-state index contributed by atoms with van der Waals surface area (Å²) in [6.07, 6.45) is 7.54. The molecular weight excluding hydrogens is 136 g/mol. The largest absolute Gasteiger partial charge is 0.301 e. The Bertz CT molecular complexity index is 239. The maximum atomic E-state index is 7.27. The lowest BCUT2D eigenvalue weighted by molar-refractivity contribution is -0.491. The standard InChI is InChI=1S/C9H13N2/c1-3-11(2)9-6-4-8(10)5-7-9/h4-7,10H,3H2,1-2H3/q+1. The van der Waals surface area contributed by atoms with Crippen LogP contribution in [0.15, 0.2) is 24.3 Å². The fourth-order valence-electron chi connectivity index (χ4n) is 0.898. The van der Waals surface area contributed by atoms with Gasteiger partial charge in [0.25, 0.3) is 0 Å². The summed E-state index contributed by atoms with van der Waals surface area (Å²) in [5.74, 6) is 0. The van der Waals surface area contributed by atoms with Gasteiger partial charge >= 0.3 is 0 Å². The van der Waals surface area contributed by atoms with Crippen molar-refractivity contribution in [3.63, 3.8) is 0 Å². The Kier molecular flexibility index (Phi) is 2.36. The third-order valence-electron chi connectivity index (χ3n) is 1.78. The van der Waals surface area contributed by atoms with Crippen molar-refractivity contribution in [1.82, 2.24) is 0 Å². The van der Waals surface area contributed by atoms with Crippen molar-refractivity contribution in [3.05, 3.63) is 24.3 Å². The Morgan fingerprint density at radius 3 is 2.27 bits per heavy atom. The normalized spacial score (nSPS) is 15.8. The van der Waals surface area contributed by atoms with Crippen molar-refractivity contribution >= 4 is 11.4 Å². The van der Waals surface area contributed by atoms with Gasteiger partial charge in [-0.25, -0.2) is 4.58 Å². The number of nitrogens with zero attached hydrogens (tertiary/aromatic N) is 1. The third-order valence-corrected chi connectivity index (χ3v) is 1.78. The van der Waals surface area contributed by atoms with Crippen LogP contribution in [0.25, 0.3) is 0 Å². The molecule has 0 aliphatic heterocycles. The number of rotatable bonds is 1. The van der Waals surface area contributed by atoms with Crippen LogP contribution in [0.3, 0.4) is 0 Å². The first-order valence-electron chi connectivity index (χ1n) is 3.77. The molecule has 0 bridgehead atoms. The van der Waals surface area contributed by atoms with E-state index in [1.54, 1.807) is 0 Å². The van der Waals surface area contributed by atoms with Crippen molar-refractivity contribution in [2.75, 3.05) is 13.6 Å². The highest BCUT2D eigenvalue weighted by molar-refractivity contribution is 6.15. The molecule has 58 valence electrons. The number of hydrogen-bond donors (Lipinski definition) is 1. The Morgan fingerprint density at radius 1 is 1.27 bits per heavy atom. The molecule has 1 aliphatic carbocycles. The number of allylic oxidation sites excluding steroid dienone is 4. The molecule has 0 radical (unpaired) electrons. The SMILES string of the molecule is CC[N+](C)=C1C=CC(=N)C=C1. The van der Waals surface area contributed by atoms with Crippen molar-refractivity contribution < 1.29 is 4.58 Å². The van der Waals surface area contributed by atoms with E-state index in [1.165, 1.54) is 5.71 Å². The molecule has 2 nitrogen and oxygen atoms in total. The molecule has 1 rings (SSSR count). The second-order valence-corrected chi connectivity index (χ2v) is 2.56. The van der Waals surface area contributed by atoms with E-state index in [9.17, 15) is 0 Å². The summed E-state index contributed by atoms with van der Waals surface area (Å²) >= 11 is 0. The van der Waals surface area contributed by atoms with E-state index in [-0.39, 0.29) is 0 Å². The minimum atomic E-state index is 0.568. The molecule has 0 atom stereocenters. The molecule has 0 aromatic rings. The van der Waals surface area contributed by atoms with Crippen molar-refractivity contribution in [3.8, 4) is 0 Å². The average Bonchev–Trinajstić information content (AvgIpc) is 2.05. The zero-order valence-electron chi connectivity index (χ0n) is 6.96. The van der Waals surface area contributed by atoms with Crippen LogP contribution < -0.4 is 0 Å². The van der Waals surface area contributed by atoms with Gasteiger partial charge in [0.05, 0.1) is 5.71 Å². The highest BCUT2D eigenvalue weighted by atomic mass is 15.0. The molecule has 1 N–H and O–H groups in total. The highest BCUT2D eigenvalue weighted by Gasteiger charge is 2.04. The smallest absolute Gasteiger partial charge is 0.199 e. The Hall–Kier alpha value is -1.18. The van der Waals surface area contributed by atoms with Gasteiger partial charge in [-0.05, 0) is 19.1 Å². The molecule has 2 heteroatoms. The van der Waals surface area contributed by atoms with Crippen LogP contribution in [-0.4, -0.2) is 29.6 Å². The molecule has 0 fully saturated rings. The van der Waals surface area contributed by atoms with Gasteiger partial charge in [-0.1, -0.05) is 0 Å². The summed E-state index contributed by atoms with van der Waals surface area (Å²) in [4.78, 5) is 0. The second kappa shape index (κ2) is 3.28. The Labute approximate surface area is 67.1 Å². The maximum absolute atomic E-state index is 7.27. The maximum Gasteiger partial charge on any atom is 0.199 e. The van der Waals surface area contributed by atoms with Crippen LogP contribution in [0.1, 0.15) is 6.92 Å². The van der Waals surface area contributed by atoms with Gasteiger partial charge < -0.3 is 5.41 Å². The molecule has 1 aliphatic rings. The fraction of sp³-hybridized carbons (Fsp3) is 0.333. The molecule has 0 amide bonds. The second-order valence-electron chi connectivity index (χ2n) is 2.56. The van der Waals surface area contributed by atoms with Crippen LogP contribution >= 0.6 is 0 Å². The number of hydrogen-bond acceptors (Lipinski definition) is 1. The van der Waals surface area contributed by atoms with E-state index in [1.807, 2.05) is 31.4 Å². The third kappa shape index (κ3) is 1.87. The molecule has 0 aromatic heterocycles. The lowest BCUT2D eigenvalue weighted by atomic mass is 10.1. The Balaban J connectivity index is 2.87.